The van der Waals surface area contributed by atoms with E-state index < -0.39 is 0 Å². The van der Waals surface area contributed by atoms with Crippen LogP contribution in [0.25, 0.3) is 0 Å². The molecule has 1 N–H and O–H groups in total. The van der Waals surface area contributed by atoms with Crippen molar-refractivity contribution < 1.29 is 4.74 Å². The summed E-state index contributed by atoms with van der Waals surface area (Å²) in [5.41, 5.74) is 1.18. The van der Waals surface area contributed by atoms with Gasteiger partial charge in [-0.3, -0.25) is 4.90 Å². The van der Waals surface area contributed by atoms with E-state index in [1.54, 1.807) is 7.11 Å². The van der Waals surface area contributed by atoms with E-state index in [4.69, 9.17) is 16.3 Å². The van der Waals surface area contributed by atoms with Crippen LogP contribution < -0.4 is 10.1 Å². The zero-order valence-corrected chi connectivity index (χ0v) is 13.0. The van der Waals surface area contributed by atoms with Crippen LogP contribution in [0.15, 0.2) is 18.2 Å². The van der Waals surface area contributed by atoms with Crippen molar-refractivity contribution in [3.63, 3.8) is 0 Å². The van der Waals surface area contributed by atoms with Gasteiger partial charge in [0.05, 0.1) is 7.11 Å². The lowest BCUT2D eigenvalue weighted by atomic mass is 9.92. The topological polar surface area (TPSA) is 24.5 Å². The number of hydrogen-bond donors (Lipinski definition) is 1. The van der Waals surface area contributed by atoms with Crippen molar-refractivity contribution in [3.05, 3.63) is 28.8 Å². The first-order valence-corrected chi connectivity index (χ1v) is 7.86. The Labute approximate surface area is 126 Å². The number of rotatable bonds is 5. The fourth-order valence-electron chi connectivity index (χ4n) is 3.56. The Hall–Kier alpha value is -0.770. The molecule has 1 saturated carbocycles. The number of hydrogen-bond acceptors (Lipinski definition) is 3. The highest BCUT2D eigenvalue weighted by Gasteiger charge is 2.44. The van der Waals surface area contributed by atoms with Gasteiger partial charge in [0.25, 0.3) is 0 Å². The van der Waals surface area contributed by atoms with Crippen molar-refractivity contribution in [3.8, 4) is 5.75 Å². The minimum atomic E-state index is 0.388. The number of nitrogens with one attached hydrogen (secondary N) is 1. The Bertz CT molecular complexity index is 476. The van der Waals surface area contributed by atoms with Gasteiger partial charge in [0.1, 0.15) is 5.75 Å². The first kappa shape index (κ1) is 14.2. The summed E-state index contributed by atoms with van der Waals surface area (Å²) in [4.78, 5) is 2.64. The van der Waals surface area contributed by atoms with Gasteiger partial charge in [-0.05, 0) is 57.5 Å². The summed E-state index contributed by atoms with van der Waals surface area (Å²) in [6, 6.07) is 7.12. The predicted octanol–water partition coefficient (Wildman–Crippen LogP) is 3.09. The minimum Gasteiger partial charge on any atom is -0.496 e. The number of nitrogens with zero attached hydrogens (tertiary/aromatic N) is 1. The molecule has 1 aliphatic heterocycles. The first-order chi connectivity index (χ1) is 9.76. The molecular weight excluding hydrogens is 272 g/mol. The Morgan fingerprint density at radius 1 is 1.35 bits per heavy atom. The van der Waals surface area contributed by atoms with Crippen LogP contribution in [-0.2, 0) is 0 Å². The second kappa shape index (κ2) is 5.92. The number of likely N-dealkylation sites (tertiary alicyclic amines) is 1. The van der Waals surface area contributed by atoms with Crippen molar-refractivity contribution in [1.82, 2.24) is 10.2 Å². The van der Waals surface area contributed by atoms with Crippen molar-refractivity contribution in [1.29, 1.82) is 0 Å². The van der Waals surface area contributed by atoms with Crippen LogP contribution in [0.1, 0.15) is 30.9 Å². The highest BCUT2D eigenvalue weighted by Crippen LogP contribution is 2.48. The number of ether oxygens (including phenoxy) is 1. The van der Waals surface area contributed by atoms with E-state index in [9.17, 15) is 0 Å². The Morgan fingerprint density at radius 2 is 2.15 bits per heavy atom. The number of methoxy groups -OCH3 is 1. The summed E-state index contributed by atoms with van der Waals surface area (Å²) >= 11 is 6.52. The fraction of sp³-hybridized carbons (Fsp3) is 0.625. The smallest absolute Gasteiger partial charge is 0.125 e. The molecule has 0 amide bonds. The lowest BCUT2D eigenvalue weighted by Crippen LogP contribution is -2.31. The van der Waals surface area contributed by atoms with Crippen LogP contribution in [0.3, 0.4) is 0 Å². The highest BCUT2D eigenvalue weighted by atomic mass is 35.5. The zero-order chi connectivity index (χ0) is 14.1. The highest BCUT2D eigenvalue weighted by molar-refractivity contribution is 6.31. The van der Waals surface area contributed by atoms with Gasteiger partial charge in [-0.15, -0.1) is 0 Å². The lowest BCUT2D eigenvalue weighted by Gasteiger charge is -2.30. The quantitative estimate of drug-likeness (QED) is 0.903. The molecule has 1 aliphatic carbocycles. The molecule has 1 heterocycles. The van der Waals surface area contributed by atoms with E-state index in [1.807, 2.05) is 25.2 Å². The fourth-order valence-corrected chi connectivity index (χ4v) is 3.84. The van der Waals surface area contributed by atoms with Crippen LogP contribution in [0.2, 0.25) is 5.02 Å². The second-order valence-electron chi connectivity index (χ2n) is 5.88. The molecule has 3 nitrogen and oxygen atoms in total. The molecule has 0 aromatic heterocycles. The van der Waals surface area contributed by atoms with Gasteiger partial charge in [0.2, 0.25) is 0 Å². The molecule has 110 valence electrons. The second-order valence-corrected chi connectivity index (χ2v) is 6.28. The Kier molecular flexibility index (Phi) is 4.20. The summed E-state index contributed by atoms with van der Waals surface area (Å²) in [5, 5.41) is 4.17. The number of halogens is 1. The standard InChI is InChI=1S/C16H23ClN2O/c1-18-10-11-8-9-19(12-6-7-12)16(11)15-13(17)4-3-5-14(15)20-2/h3-5,11-12,16,18H,6-10H2,1-2H3. The third kappa shape index (κ3) is 2.54. The van der Waals surface area contributed by atoms with Crippen LogP contribution in [0.5, 0.6) is 5.75 Å². The van der Waals surface area contributed by atoms with Gasteiger partial charge in [-0.1, -0.05) is 17.7 Å². The maximum atomic E-state index is 6.52. The van der Waals surface area contributed by atoms with Crippen molar-refractivity contribution >= 4 is 11.6 Å². The third-order valence-corrected chi connectivity index (χ3v) is 4.90. The summed E-state index contributed by atoms with van der Waals surface area (Å²) in [5.74, 6) is 1.53. The van der Waals surface area contributed by atoms with E-state index in [1.165, 1.54) is 31.4 Å². The van der Waals surface area contributed by atoms with Crippen molar-refractivity contribution in [2.75, 3.05) is 27.2 Å². The maximum Gasteiger partial charge on any atom is 0.125 e. The molecule has 1 saturated heterocycles. The van der Waals surface area contributed by atoms with E-state index in [2.05, 4.69) is 10.2 Å². The Balaban J connectivity index is 1.98. The van der Waals surface area contributed by atoms with Gasteiger partial charge in [-0.25, -0.2) is 0 Å². The molecule has 2 atom stereocenters. The molecule has 2 unspecified atom stereocenters. The molecule has 3 rings (SSSR count). The average Bonchev–Trinajstić information content (AvgIpc) is 3.21. The third-order valence-electron chi connectivity index (χ3n) is 4.57. The van der Waals surface area contributed by atoms with Gasteiger partial charge >= 0.3 is 0 Å². The summed E-state index contributed by atoms with van der Waals surface area (Å²) in [6.07, 6.45) is 3.89. The molecule has 1 aromatic rings. The van der Waals surface area contributed by atoms with E-state index >= 15 is 0 Å². The van der Waals surface area contributed by atoms with Gasteiger partial charge < -0.3 is 10.1 Å². The average molecular weight is 295 g/mol. The van der Waals surface area contributed by atoms with Crippen molar-refractivity contribution in [2.45, 2.75) is 31.3 Å². The Morgan fingerprint density at radius 3 is 2.80 bits per heavy atom. The minimum absolute atomic E-state index is 0.388. The predicted molar refractivity (Wildman–Crippen MR) is 82.5 cm³/mol. The van der Waals surface area contributed by atoms with Gasteiger partial charge in [-0.2, -0.15) is 0 Å². The lowest BCUT2D eigenvalue weighted by molar-refractivity contribution is 0.212. The molecular formula is C16H23ClN2O. The molecule has 20 heavy (non-hydrogen) atoms. The number of benzene rings is 1. The molecule has 0 bridgehead atoms. The molecule has 0 spiro atoms. The van der Waals surface area contributed by atoms with Gasteiger partial charge in [0.15, 0.2) is 0 Å². The normalized spacial score (nSPS) is 26.9. The van der Waals surface area contributed by atoms with Crippen LogP contribution in [-0.4, -0.2) is 38.2 Å². The monoisotopic (exact) mass is 294 g/mol. The molecule has 0 radical (unpaired) electrons. The van der Waals surface area contributed by atoms with E-state index in [0.29, 0.717) is 12.0 Å². The van der Waals surface area contributed by atoms with Crippen LogP contribution in [0, 0.1) is 5.92 Å². The van der Waals surface area contributed by atoms with E-state index in [-0.39, 0.29) is 0 Å². The molecule has 4 heteroatoms. The summed E-state index contributed by atoms with van der Waals surface area (Å²) < 4.78 is 5.58. The van der Waals surface area contributed by atoms with Crippen LogP contribution in [0.4, 0.5) is 0 Å². The molecule has 2 fully saturated rings. The maximum absolute atomic E-state index is 6.52. The van der Waals surface area contributed by atoms with Crippen LogP contribution >= 0.6 is 11.6 Å². The molecule has 2 aliphatic rings. The first-order valence-electron chi connectivity index (χ1n) is 7.49. The summed E-state index contributed by atoms with van der Waals surface area (Å²) in [7, 11) is 3.76. The largest absolute Gasteiger partial charge is 0.496 e. The van der Waals surface area contributed by atoms with Crippen molar-refractivity contribution in [2.24, 2.45) is 5.92 Å². The van der Waals surface area contributed by atoms with E-state index in [0.717, 1.165) is 23.4 Å². The van der Waals surface area contributed by atoms with Gasteiger partial charge in [0, 0.05) is 22.7 Å². The SMILES string of the molecule is CNCC1CCN(C2CC2)C1c1c(Cl)cccc1OC. The zero-order valence-electron chi connectivity index (χ0n) is 12.2. The molecule has 1 aromatic carbocycles. The summed E-state index contributed by atoms with van der Waals surface area (Å²) in [6.45, 7) is 2.21.